The van der Waals surface area contributed by atoms with Crippen LogP contribution < -0.4 is 10.6 Å². The number of nitrogens with one attached hydrogen (secondary N) is 2. The highest BCUT2D eigenvalue weighted by molar-refractivity contribution is 5.77. The summed E-state index contributed by atoms with van der Waals surface area (Å²) >= 11 is 0. The fraction of sp³-hybridized carbons (Fsp3) is 0.867. The number of hydrogen-bond donors (Lipinski definition) is 3. The Kier molecular flexibility index (Phi) is 6.45. The molecule has 3 N–H and O–H groups in total. The van der Waals surface area contributed by atoms with E-state index in [-0.39, 0.29) is 12.6 Å². The molecule has 0 bridgehead atoms. The van der Waals surface area contributed by atoms with E-state index in [1.807, 2.05) is 6.92 Å². The molecule has 1 fully saturated rings. The van der Waals surface area contributed by atoms with E-state index < -0.39 is 11.4 Å². The van der Waals surface area contributed by atoms with Gasteiger partial charge in [-0.15, -0.1) is 0 Å². The number of amides is 2. The quantitative estimate of drug-likeness (QED) is 0.665. The molecule has 1 heterocycles. The van der Waals surface area contributed by atoms with E-state index >= 15 is 0 Å². The van der Waals surface area contributed by atoms with Crippen LogP contribution >= 0.6 is 0 Å². The number of nitrogens with zero attached hydrogens (tertiary/aromatic N) is 1. The number of urea groups is 1. The zero-order valence-electron chi connectivity index (χ0n) is 13.6. The minimum absolute atomic E-state index is 0.146. The van der Waals surface area contributed by atoms with Crippen molar-refractivity contribution in [3.63, 3.8) is 0 Å². The smallest absolute Gasteiger partial charge is 0.314 e. The third-order valence-corrected chi connectivity index (χ3v) is 4.53. The molecule has 6 nitrogen and oxygen atoms in total. The van der Waals surface area contributed by atoms with Gasteiger partial charge in [0.25, 0.3) is 0 Å². The summed E-state index contributed by atoms with van der Waals surface area (Å²) in [5.74, 6) is -0.399. The number of aliphatic carboxylic acids is 1. The lowest BCUT2D eigenvalue weighted by Gasteiger charge is -2.23. The molecular weight excluding hydrogens is 270 g/mol. The van der Waals surface area contributed by atoms with Gasteiger partial charge in [0, 0.05) is 25.7 Å². The highest BCUT2D eigenvalue weighted by atomic mass is 16.4. The lowest BCUT2D eigenvalue weighted by atomic mass is 9.88. The first kappa shape index (κ1) is 17.8. The zero-order chi connectivity index (χ0) is 16.0. The van der Waals surface area contributed by atoms with Gasteiger partial charge in [0.15, 0.2) is 0 Å². The lowest BCUT2D eigenvalue weighted by molar-refractivity contribution is -0.147. The van der Waals surface area contributed by atoms with Crippen LogP contribution in [0.15, 0.2) is 0 Å². The van der Waals surface area contributed by atoms with Crippen molar-refractivity contribution in [1.29, 1.82) is 0 Å². The Bertz CT molecular complexity index is 373. The number of carboxylic acids is 1. The summed E-state index contributed by atoms with van der Waals surface area (Å²) in [7, 11) is 0. The van der Waals surface area contributed by atoms with Gasteiger partial charge in [0.2, 0.25) is 0 Å². The van der Waals surface area contributed by atoms with Crippen LogP contribution in [0.5, 0.6) is 0 Å². The van der Waals surface area contributed by atoms with Crippen molar-refractivity contribution in [3.05, 3.63) is 0 Å². The highest BCUT2D eigenvalue weighted by Crippen LogP contribution is 2.20. The largest absolute Gasteiger partial charge is 0.481 e. The molecule has 21 heavy (non-hydrogen) atoms. The average Bonchev–Trinajstić information content (AvgIpc) is 2.91. The molecule has 1 rings (SSSR count). The Morgan fingerprint density at radius 3 is 2.52 bits per heavy atom. The molecule has 0 aromatic rings. The van der Waals surface area contributed by atoms with Crippen LogP contribution in [0.3, 0.4) is 0 Å². The predicted molar refractivity (Wildman–Crippen MR) is 82.3 cm³/mol. The summed E-state index contributed by atoms with van der Waals surface area (Å²) in [6, 6.07) is 0.267. The lowest BCUT2D eigenvalue weighted by Crippen LogP contribution is -2.45. The molecule has 2 atom stereocenters. The summed E-state index contributed by atoms with van der Waals surface area (Å²) in [5.41, 5.74) is -0.904. The molecule has 2 amide bonds. The van der Waals surface area contributed by atoms with Crippen molar-refractivity contribution in [1.82, 2.24) is 15.5 Å². The second-order valence-corrected chi connectivity index (χ2v) is 6.53. The molecule has 1 aliphatic rings. The second-order valence-electron chi connectivity index (χ2n) is 6.53. The maximum Gasteiger partial charge on any atom is 0.314 e. The van der Waals surface area contributed by atoms with Gasteiger partial charge >= 0.3 is 12.0 Å². The Balaban J connectivity index is 2.28. The fourth-order valence-corrected chi connectivity index (χ4v) is 2.42. The van der Waals surface area contributed by atoms with Crippen molar-refractivity contribution in [3.8, 4) is 0 Å². The van der Waals surface area contributed by atoms with Crippen molar-refractivity contribution >= 4 is 12.0 Å². The molecule has 0 aliphatic carbocycles. The van der Waals surface area contributed by atoms with Crippen molar-refractivity contribution < 1.29 is 14.7 Å². The molecule has 1 saturated heterocycles. The minimum Gasteiger partial charge on any atom is -0.481 e. The third kappa shape index (κ3) is 5.19. The maximum atomic E-state index is 11.8. The summed E-state index contributed by atoms with van der Waals surface area (Å²) in [6.07, 6.45) is 1.58. The van der Waals surface area contributed by atoms with E-state index in [9.17, 15) is 9.59 Å². The van der Waals surface area contributed by atoms with Gasteiger partial charge in [-0.1, -0.05) is 6.92 Å². The number of carbonyl (C=O) groups excluding carboxylic acids is 1. The maximum absolute atomic E-state index is 11.8. The standard InChI is InChI=1S/C15H29N3O3/c1-5-15(4,13(19)20)10-17-14(21)16-8-12-6-7-18(9-12)11(2)3/h11-12H,5-10H2,1-4H3,(H,19,20)(H2,16,17,21). The van der Waals surface area contributed by atoms with Crippen LogP contribution in [-0.4, -0.2) is 54.2 Å². The molecule has 122 valence electrons. The van der Waals surface area contributed by atoms with Gasteiger partial charge in [-0.05, 0) is 46.1 Å². The monoisotopic (exact) mass is 299 g/mol. The Hall–Kier alpha value is -1.30. The van der Waals surface area contributed by atoms with E-state index in [2.05, 4.69) is 29.4 Å². The van der Waals surface area contributed by atoms with Crippen LogP contribution in [0.1, 0.15) is 40.5 Å². The van der Waals surface area contributed by atoms with E-state index in [0.717, 1.165) is 19.5 Å². The second kappa shape index (κ2) is 7.64. The predicted octanol–water partition coefficient (Wildman–Crippen LogP) is 1.52. The van der Waals surface area contributed by atoms with Crippen molar-refractivity contribution in [2.45, 2.75) is 46.6 Å². The van der Waals surface area contributed by atoms with Crippen LogP contribution in [0, 0.1) is 11.3 Å². The molecule has 0 aromatic heterocycles. The summed E-state index contributed by atoms with van der Waals surface area (Å²) in [5, 5.41) is 14.7. The Labute approximate surface area is 127 Å². The van der Waals surface area contributed by atoms with E-state index in [0.29, 0.717) is 24.9 Å². The van der Waals surface area contributed by atoms with Crippen molar-refractivity contribution in [2.75, 3.05) is 26.2 Å². The molecule has 0 saturated carbocycles. The number of rotatable bonds is 7. The van der Waals surface area contributed by atoms with Gasteiger partial charge in [-0.25, -0.2) is 4.79 Å². The first-order chi connectivity index (χ1) is 9.78. The first-order valence-corrected chi connectivity index (χ1v) is 7.77. The van der Waals surface area contributed by atoms with Gasteiger partial charge in [-0.2, -0.15) is 0 Å². The summed E-state index contributed by atoms with van der Waals surface area (Å²) in [4.78, 5) is 25.3. The summed E-state index contributed by atoms with van der Waals surface area (Å²) in [6.45, 7) is 10.7. The molecule has 1 aliphatic heterocycles. The Morgan fingerprint density at radius 2 is 2.05 bits per heavy atom. The average molecular weight is 299 g/mol. The molecule has 0 spiro atoms. The van der Waals surface area contributed by atoms with E-state index in [1.165, 1.54) is 0 Å². The number of carbonyl (C=O) groups is 2. The Morgan fingerprint density at radius 1 is 1.38 bits per heavy atom. The zero-order valence-corrected chi connectivity index (χ0v) is 13.6. The highest BCUT2D eigenvalue weighted by Gasteiger charge is 2.31. The number of hydrogen-bond acceptors (Lipinski definition) is 3. The first-order valence-electron chi connectivity index (χ1n) is 7.77. The van der Waals surface area contributed by atoms with Crippen LogP contribution in [0.25, 0.3) is 0 Å². The van der Waals surface area contributed by atoms with Gasteiger partial charge in [0.1, 0.15) is 0 Å². The van der Waals surface area contributed by atoms with Gasteiger partial charge in [0.05, 0.1) is 5.41 Å². The van der Waals surface area contributed by atoms with Crippen LogP contribution in [0.2, 0.25) is 0 Å². The van der Waals surface area contributed by atoms with Crippen LogP contribution in [-0.2, 0) is 4.79 Å². The SMILES string of the molecule is CCC(C)(CNC(=O)NCC1CCN(C(C)C)C1)C(=O)O. The number of likely N-dealkylation sites (tertiary alicyclic amines) is 1. The molecule has 2 unspecified atom stereocenters. The molecule has 0 aromatic carbocycles. The molecular formula is C15H29N3O3. The molecule has 0 radical (unpaired) electrons. The molecule has 6 heteroatoms. The fourth-order valence-electron chi connectivity index (χ4n) is 2.42. The number of carboxylic acid groups (broad SMARTS) is 1. The van der Waals surface area contributed by atoms with E-state index in [4.69, 9.17) is 5.11 Å². The normalized spacial score (nSPS) is 22.0. The third-order valence-electron chi connectivity index (χ3n) is 4.53. The summed E-state index contributed by atoms with van der Waals surface area (Å²) < 4.78 is 0. The van der Waals surface area contributed by atoms with Crippen LogP contribution in [0.4, 0.5) is 4.79 Å². The van der Waals surface area contributed by atoms with E-state index in [1.54, 1.807) is 6.92 Å². The van der Waals surface area contributed by atoms with Gasteiger partial charge < -0.3 is 20.6 Å². The van der Waals surface area contributed by atoms with Gasteiger partial charge in [-0.3, -0.25) is 4.79 Å². The minimum atomic E-state index is -0.904. The van der Waals surface area contributed by atoms with Crippen molar-refractivity contribution in [2.24, 2.45) is 11.3 Å². The topological polar surface area (TPSA) is 81.7 Å².